The van der Waals surface area contributed by atoms with Crippen molar-refractivity contribution in [2.24, 2.45) is 0 Å². The van der Waals surface area contributed by atoms with Crippen LogP contribution in [0.1, 0.15) is 28.0 Å². The largest absolute Gasteiger partial charge is 0.298 e. The smallest absolute Gasteiger partial charge is 0.266 e. The molecule has 0 aliphatic heterocycles. The Balaban J connectivity index is 3.29. The van der Waals surface area contributed by atoms with Crippen LogP contribution < -0.4 is 0 Å². The lowest BCUT2D eigenvalue weighted by atomic mass is 10.1. The Hall–Kier alpha value is -0.840. The van der Waals surface area contributed by atoms with Crippen LogP contribution in [0, 0.1) is 0 Å². The molecule has 13 heavy (non-hydrogen) atoms. The second-order valence-corrected chi connectivity index (χ2v) is 2.87. The van der Waals surface area contributed by atoms with E-state index in [9.17, 15) is 13.6 Å². The van der Waals surface area contributed by atoms with E-state index < -0.39 is 6.43 Å². The molecule has 0 aromatic carbocycles. The van der Waals surface area contributed by atoms with E-state index in [4.69, 9.17) is 0 Å². The highest BCUT2D eigenvalue weighted by molar-refractivity contribution is 9.08. The molecule has 0 atom stereocenters. The first kappa shape index (κ1) is 10.2. The predicted molar refractivity (Wildman–Crippen MR) is 47.2 cm³/mol. The summed E-state index contributed by atoms with van der Waals surface area (Å²) in [4.78, 5) is 14.2. The van der Waals surface area contributed by atoms with Gasteiger partial charge >= 0.3 is 0 Å². The van der Waals surface area contributed by atoms with Gasteiger partial charge in [0.05, 0.1) is 11.3 Å². The van der Waals surface area contributed by atoms with Gasteiger partial charge in [-0.15, -0.1) is 0 Å². The Labute approximate surface area is 82.1 Å². The molecule has 0 fully saturated rings. The summed E-state index contributed by atoms with van der Waals surface area (Å²) in [6.07, 6.45) is -0.914. The maximum atomic E-state index is 12.4. The second kappa shape index (κ2) is 4.41. The van der Waals surface area contributed by atoms with Gasteiger partial charge in [-0.2, -0.15) is 0 Å². The molecule has 1 heterocycles. The van der Waals surface area contributed by atoms with Crippen molar-refractivity contribution in [3.63, 3.8) is 0 Å². The predicted octanol–water partition coefficient (Wildman–Crippen LogP) is 2.73. The highest BCUT2D eigenvalue weighted by Gasteiger charge is 2.17. The molecule has 0 radical (unpaired) electrons. The normalized spacial score (nSPS) is 10.5. The van der Waals surface area contributed by atoms with Crippen molar-refractivity contribution in [2.45, 2.75) is 11.8 Å². The standard InChI is InChI=1S/C8H6BrF2NO/c9-3-6-7(8(10)11)5(4-13)1-2-12-6/h1-2,4,8H,3H2. The van der Waals surface area contributed by atoms with Gasteiger partial charge in [0.15, 0.2) is 6.29 Å². The minimum Gasteiger partial charge on any atom is -0.298 e. The fourth-order valence-electron chi connectivity index (χ4n) is 0.995. The molecule has 0 saturated carbocycles. The van der Waals surface area contributed by atoms with Crippen LogP contribution >= 0.6 is 15.9 Å². The van der Waals surface area contributed by atoms with E-state index in [1.807, 2.05) is 0 Å². The SMILES string of the molecule is O=Cc1ccnc(CBr)c1C(F)F. The number of carbonyl (C=O) groups excluding carboxylic acids is 1. The minimum atomic E-state index is -2.67. The van der Waals surface area contributed by atoms with Crippen LogP contribution in [-0.4, -0.2) is 11.3 Å². The molecule has 1 rings (SSSR count). The fraction of sp³-hybridized carbons (Fsp3) is 0.250. The molecule has 1 aromatic rings. The van der Waals surface area contributed by atoms with E-state index in [0.717, 1.165) is 0 Å². The lowest BCUT2D eigenvalue weighted by Gasteiger charge is -2.06. The molecule has 0 amide bonds. The van der Waals surface area contributed by atoms with Crippen molar-refractivity contribution in [2.75, 3.05) is 0 Å². The van der Waals surface area contributed by atoms with Crippen LogP contribution in [0.15, 0.2) is 12.3 Å². The van der Waals surface area contributed by atoms with E-state index in [0.29, 0.717) is 6.29 Å². The van der Waals surface area contributed by atoms with Crippen molar-refractivity contribution in [3.05, 3.63) is 29.1 Å². The molecule has 2 nitrogen and oxygen atoms in total. The van der Waals surface area contributed by atoms with Gasteiger partial charge in [0, 0.05) is 17.1 Å². The zero-order valence-electron chi connectivity index (χ0n) is 6.51. The Kier molecular flexibility index (Phi) is 3.48. The maximum Gasteiger partial charge on any atom is 0.266 e. The molecule has 0 aliphatic carbocycles. The Morgan fingerprint density at radius 3 is 2.77 bits per heavy atom. The fourth-order valence-corrected chi connectivity index (χ4v) is 1.44. The van der Waals surface area contributed by atoms with E-state index in [2.05, 4.69) is 20.9 Å². The second-order valence-electron chi connectivity index (χ2n) is 2.31. The zero-order valence-corrected chi connectivity index (χ0v) is 8.09. The van der Waals surface area contributed by atoms with E-state index >= 15 is 0 Å². The van der Waals surface area contributed by atoms with Crippen LogP contribution in [-0.2, 0) is 5.33 Å². The summed E-state index contributed by atoms with van der Waals surface area (Å²) in [6.45, 7) is 0. The first-order valence-corrected chi connectivity index (χ1v) is 4.60. The molecule has 0 aliphatic rings. The van der Waals surface area contributed by atoms with E-state index in [1.54, 1.807) is 0 Å². The summed E-state index contributed by atoms with van der Waals surface area (Å²) in [5, 5.41) is 0.217. The van der Waals surface area contributed by atoms with Crippen LogP contribution in [0.5, 0.6) is 0 Å². The number of nitrogens with zero attached hydrogens (tertiary/aromatic N) is 1. The third-order valence-electron chi connectivity index (χ3n) is 1.58. The molecule has 0 spiro atoms. The van der Waals surface area contributed by atoms with Gasteiger partial charge in [-0.05, 0) is 6.07 Å². The first-order chi connectivity index (χ1) is 6.20. The summed E-state index contributed by atoms with van der Waals surface area (Å²) in [5.74, 6) is 0. The number of aromatic nitrogens is 1. The Bertz CT molecular complexity index is 317. The first-order valence-electron chi connectivity index (χ1n) is 3.47. The van der Waals surface area contributed by atoms with Crippen LogP contribution in [0.2, 0.25) is 0 Å². The lowest BCUT2D eigenvalue weighted by molar-refractivity contribution is 0.110. The number of pyridine rings is 1. The highest BCUT2D eigenvalue weighted by atomic mass is 79.9. The molecule has 1 aromatic heterocycles. The summed E-state index contributed by atoms with van der Waals surface area (Å²) >= 11 is 3.03. The van der Waals surface area contributed by atoms with Crippen LogP contribution in [0.3, 0.4) is 0 Å². The van der Waals surface area contributed by atoms with Crippen molar-refractivity contribution in [1.82, 2.24) is 4.98 Å². The molecule has 0 bridgehead atoms. The Morgan fingerprint density at radius 1 is 1.62 bits per heavy atom. The van der Waals surface area contributed by atoms with Crippen molar-refractivity contribution in [3.8, 4) is 0 Å². The average Bonchev–Trinajstić information content (AvgIpc) is 2.16. The summed E-state index contributed by atoms with van der Waals surface area (Å²) in [5.41, 5.74) is -0.0755. The Morgan fingerprint density at radius 2 is 2.31 bits per heavy atom. The van der Waals surface area contributed by atoms with Crippen LogP contribution in [0.4, 0.5) is 8.78 Å². The number of hydrogen-bond donors (Lipinski definition) is 0. The van der Waals surface area contributed by atoms with Crippen molar-refractivity contribution < 1.29 is 13.6 Å². The van der Waals surface area contributed by atoms with E-state index in [1.165, 1.54) is 12.3 Å². The van der Waals surface area contributed by atoms with Gasteiger partial charge in [0.25, 0.3) is 6.43 Å². The van der Waals surface area contributed by atoms with Gasteiger partial charge < -0.3 is 0 Å². The highest BCUT2D eigenvalue weighted by Crippen LogP contribution is 2.25. The summed E-state index contributed by atoms with van der Waals surface area (Å²) in [6, 6.07) is 1.28. The third kappa shape index (κ3) is 2.09. The number of hydrogen-bond acceptors (Lipinski definition) is 2. The minimum absolute atomic E-state index is 0.000509. The number of halogens is 3. The maximum absolute atomic E-state index is 12.4. The zero-order chi connectivity index (χ0) is 9.84. The monoisotopic (exact) mass is 249 g/mol. The van der Waals surface area contributed by atoms with Gasteiger partial charge in [0.2, 0.25) is 0 Å². The van der Waals surface area contributed by atoms with Gasteiger partial charge in [-0.25, -0.2) is 8.78 Å². The van der Waals surface area contributed by atoms with Crippen molar-refractivity contribution in [1.29, 1.82) is 0 Å². The number of rotatable bonds is 3. The molecule has 0 N–H and O–H groups in total. The topological polar surface area (TPSA) is 30.0 Å². The molecular formula is C8H6BrF2NO. The summed E-state index contributed by atoms with van der Waals surface area (Å²) < 4.78 is 24.9. The average molecular weight is 250 g/mol. The van der Waals surface area contributed by atoms with Crippen molar-refractivity contribution >= 4 is 22.2 Å². The molecule has 70 valence electrons. The lowest BCUT2D eigenvalue weighted by Crippen LogP contribution is -2.00. The van der Waals surface area contributed by atoms with Gasteiger partial charge in [0.1, 0.15) is 0 Å². The quantitative estimate of drug-likeness (QED) is 0.609. The van der Waals surface area contributed by atoms with E-state index in [-0.39, 0.29) is 22.2 Å². The molecule has 0 saturated heterocycles. The van der Waals surface area contributed by atoms with Gasteiger partial charge in [-0.3, -0.25) is 9.78 Å². The summed E-state index contributed by atoms with van der Waals surface area (Å²) in [7, 11) is 0. The number of alkyl halides is 3. The number of carbonyl (C=O) groups is 1. The van der Waals surface area contributed by atoms with Gasteiger partial charge in [-0.1, -0.05) is 15.9 Å². The molecule has 5 heteroatoms. The van der Waals surface area contributed by atoms with Crippen LogP contribution in [0.25, 0.3) is 0 Å². The molecule has 0 unspecified atom stereocenters. The molecular weight excluding hydrogens is 244 g/mol. The number of aldehydes is 1. The third-order valence-corrected chi connectivity index (χ3v) is 2.11.